The third-order valence-corrected chi connectivity index (χ3v) is 3.45. The molecular weight excluding hydrogens is 206 g/mol. The maximum atomic E-state index is 3.90. The summed E-state index contributed by atoms with van der Waals surface area (Å²) in [5.41, 5.74) is 1.16. The highest BCUT2D eigenvalue weighted by atomic mass is 32.2. The normalized spacial score (nSPS) is 11.1. The summed E-state index contributed by atoms with van der Waals surface area (Å²) in [6.07, 6.45) is 3.03. The molecule has 1 heterocycles. The van der Waals surface area contributed by atoms with Crippen molar-refractivity contribution in [2.24, 2.45) is 5.92 Å². The first-order valence-electron chi connectivity index (χ1n) is 5.55. The van der Waals surface area contributed by atoms with E-state index < -0.39 is 0 Å². The third kappa shape index (κ3) is 6.57. The highest BCUT2D eigenvalue weighted by Gasteiger charge is 1.95. The lowest BCUT2D eigenvalue weighted by Gasteiger charge is -2.05. The Morgan fingerprint density at radius 3 is 3.07 bits per heavy atom. The highest BCUT2D eigenvalue weighted by Crippen LogP contribution is 2.07. The summed E-state index contributed by atoms with van der Waals surface area (Å²) < 4.78 is 0. The van der Waals surface area contributed by atoms with E-state index in [2.05, 4.69) is 29.4 Å². The van der Waals surface area contributed by atoms with Crippen LogP contribution in [0.4, 0.5) is 0 Å². The van der Waals surface area contributed by atoms with Crippen molar-refractivity contribution in [3.8, 4) is 0 Å². The fourth-order valence-electron chi connectivity index (χ4n) is 1.22. The van der Waals surface area contributed by atoms with Gasteiger partial charge in [-0.1, -0.05) is 13.8 Å². The lowest BCUT2D eigenvalue weighted by molar-refractivity contribution is 0.664. The van der Waals surface area contributed by atoms with Crippen molar-refractivity contribution < 1.29 is 0 Å². The van der Waals surface area contributed by atoms with E-state index >= 15 is 0 Å². The van der Waals surface area contributed by atoms with Crippen molar-refractivity contribution in [1.29, 1.82) is 0 Å². The number of hydrogen-bond acceptors (Lipinski definition) is 3. The van der Waals surface area contributed by atoms with Crippen LogP contribution in [0.5, 0.6) is 0 Å². The Kier molecular flexibility index (Phi) is 6.52. The molecular formula is C11H21N3S. The van der Waals surface area contributed by atoms with E-state index in [9.17, 15) is 0 Å². The van der Waals surface area contributed by atoms with Crippen molar-refractivity contribution in [2.75, 3.05) is 18.1 Å². The fourth-order valence-corrected chi connectivity index (χ4v) is 2.21. The summed E-state index contributed by atoms with van der Waals surface area (Å²) in [5, 5.41) is 10.2. The minimum atomic E-state index is 0.813. The van der Waals surface area contributed by atoms with Crippen molar-refractivity contribution >= 4 is 11.8 Å². The minimum absolute atomic E-state index is 0.813. The Morgan fingerprint density at radius 2 is 2.40 bits per heavy atom. The average Bonchev–Trinajstić information content (AvgIpc) is 2.68. The SMILES string of the molecule is CC(C)CSCCCNCc1ccn[nH]1. The second kappa shape index (κ2) is 7.77. The van der Waals surface area contributed by atoms with Gasteiger partial charge >= 0.3 is 0 Å². The summed E-state index contributed by atoms with van der Waals surface area (Å²) in [5.74, 6) is 3.35. The molecule has 0 aromatic carbocycles. The maximum Gasteiger partial charge on any atom is 0.0490 e. The molecule has 0 atom stereocenters. The minimum Gasteiger partial charge on any atom is -0.311 e. The standard InChI is InChI=1S/C11H21N3S/c1-10(2)9-15-7-3-5-12-8-11-4-6-13-14-11/h4,6,10,12H,3,5,7-9H2,1-2H3,(H,13,14). The molecule has 1 aromatic heterocycles. The maximum absolute atomic E-state index is 3.90. The molecule has 0 fully saturated rings. The highest BCUT2D eigenvalue weighted by molar-refractivity contribution is 7.99. The molecule has 1 rings (SSSR count). The largest absolute Gasteiger partial charge is 0.311 e. The van der Waals surface area contributed by atoms with Crippen molar-refractivity contribution in [1.82, 2.24) is 15.5 Å². The number of nitrogens with one attached hydrogen (secondary N) is 2. The van der Waals surface area contributed by atoms with E-state index in [0.29, 0.717) is 0 Å². The Balaban J connectivity index is 1.85. The summed E-state index contributed by atoms with van der Waals surface area (Å²) >= 11 is 2.05. The molecule has 0 bridgehead atoms. The van der Waals surface area contributed by atoms with Gasteiger partial charge in [0, 0.05) is 18.4 Å². The van der Waals surface area contributed by atoms with Crippen molar-refractivity contribution in [3.05, 3.63) is 18.0 Å². The van der Waals surface area contributed by atoms with Gasteiger partial charge in [0.25, 0.3) is 0 Å². The molecule has 86 valence electrons. The second-order valence-corrected chi connectivity index (χ2v) is 5.23. The molecule has 0 amide bonds. The van der Waals surface area contributed by atoms with E-state index in [1.165, 1.54) is 17.9 Å². The second-order valence-electron chi connectivity index (χ2n) is 4.08. The molecule has 3 nitrogen and oxygen atoms in total. The number of thioether (sulfide) groups is 1. The van der Waals surface area contributed by atoms with Crippen LogP contribution in [0.3, 0.4) is 0 Å². The lowest BCUT2D eigenvalue weighted by atomic mass is 10.3. The number of aromatic nitrogens is 2. The first-order chi connectivity index (χ1) is 7.29. The van der Waals surface area contributed by atoms with Crippen molar-refractivity contribution in [2.45, 2.75) is 26.8 Å². The van der Waals surface area contributed by atoms with Gasteiger partial charge in [-0.2, -0.15) is 16.9 Å². The number of rotatable bonds is 8. The monoisotopic (exact) mass is 227 g/mol. The van der Waals surface area contributed by atoms with E-state index in [-0.39, 0.29) is 0 Å². The van der Waals surface area contributed by atoms with Crippen LogP contribution in [-0.4, -0.2) is 28.2 Å². The van der Waals surface area contributed by atoms with E-state index in [0.717, 1.165) is 24.7 Å². The van der Waals surface area contributed by atoms with Gasteiger partial charge in [0.2, 0.25) is 0 Å². The fraction of sp³-hybridized carbons (Fsp3) is 0.727. The van der Waals surface area contributed by atoms with Crippen LogP contribution in [-0.2, 0) is 6.54 Å². The predicted molar refractivity (Wildman–Crippen MR) is 67.1 cm³/mol. The van der Waals surface area contributed by atoms with Crippen LogP contribution in [0.15, 0.2) is 12.3 Å². The van der Waals surface area contributed by atoms with Gasteiger partial charge in [-0.05, 0) is 36.5 Å². The molecule has 1 aromatic rings. The lowest BCUT2D eigenvalue weighted by Crippen LogP contribution is -2.15. The topological polar surface area (TPSA) is 40.7 Å². The van der Waals surface area contributed by atoms with Gasteiger partial charge in [-0.3, -0.25) is 5.10 Å². The van der Waals surface area contributed by atoms with Gasteiger partial charge in [0.05, 0.1) is 0 Å². The van der Waals surface area contributed by atoms with Crippen LogP contribution in [0.2, 0.25) is 0 Å². The van der Waals surface area contributed by atoms with Crippen LogP contribution in [0.1, 0.15) is 26.0 Å². The van der Waals surface area contributed by atoms with Crippen LogP contribution >= 0.6 is 11.8 Å². The predicted octanol–water partition coefficient (Wildman–Crippen LogP) is 2.28. The Hall–Kier alpha value is -0.480. The van der Waals surface area contributed by atoms with Gasteiger partial charge in [0.1, 0.15) is 0 Å². The summed E-state index contributed by atoms with van der Waals surface area (Å²) in [6.45, 7) is 6.52. The smallest absolute Gasteiger partial charge is 0.0490 e. The molecule has 4 heteroatoms. The first-order valence-corrected chi connectivity index (χ1v) is 6.71. The van der Waals surface area contributed by atoms with Gasteiger partial charge in [-0.25, -0.2) is 0 Å². The Bertz CT molecular complexity index is 234. The molecule has 0 spiro atoms. The van der Waals surface area contributed by atoms with Gasteiger partial charge < -0.3 is 5.32 Å². The summed E-state index contributed by atoms with van der Waals surface area (Å²) in [6, 6.07) is 2.00. The summed E-state index contributed by atoms with van der Waals surface area (Å²) in [4.78, 5) is 0. The zero-order valence-electron chi connectivity index (χ0n) is 9.62. The Morgan fingerprint density at radius 1 is 1.53 bits per heavy atom. The first kappa shape index (κ1) is 12.6. The number of hydrogen-bond donors (Lipinski definition) is 2. The molecule has 0 aliphatic carbocycles. The molecule has 0 unspecified atom stereocenters. The van der Waals surface area contributed by atoms with Gasteiger partial charge in [0.15, 0.2) is 0 Å². The van der Waals surface area contributed by atoms with E-state index in [1.807, 2.05) is 17.8 Å². The zero-order chi connectivity index (χ0) is 10.9. The van der Waals surface area contributed by atoms with Crippen LogP contribution in [0.25, 0.3) is 0 Å². The molecule has 15 heavy (non-hydrogen) atoms. The average molecular weight is 227 g/mol. The Labute approximate surface area is 96.4 Å². The quantitative estimate of drug-likeness (QED) is 0.669. The molecule has 0 saturated heterocycles. The van der Waals surface area contributed by atoms with Crippen LogP contribution in [0, 0.1) is 5.92 Å². The van der Waals surface area contributed by atoms with E-state index in [1.54, 1.807) is 6.20 Å². The number of H-pyrrole nitrogens is 1. The summed E-state index contributed by atoms with van der Waals surface area (Å²) in [7, 11) is 0. The molecule has 0 radical (unpaired) electrons. The third-order valence-electron chi connectivity index (χ3n) is 1.97. The van der Waals surface area contributed by atoms with Crippen LogP contribution < -0.4 is 5.32 Å². The molecule has 0 saturated carbocycles. The number of aromatic amines is 1. The van der Waals surface area contributed by atoms with Crippen molar-refractivity contribution in [3.63, 3.8) is 0 Å². The molecule has 2 N–H and O–H groups in total. The molecule has 0 aliphatic heterocycles. The number of nitrogens with zero attached hydrogens (tertiary/aromatic N) is 1. The zero-order valence-corrected chi connectivity index (χ0v) is 10.4. The molecule has 0 aliphatic rings. The van der Waals surface area contributed by atoms with Gasteiger partial charge in [-0.15, -0.1) is 0 Å². The van der Waals surface area contributed by atoms with E-state index in [4.69, 9.17) is 0 Å².